The number of likely N-dealkylation sites (N-methyl/N-ethyl adjacent to an activating group) is 3. The van der Waals surface area contributed by atoms with Crippen LogP contribution in [0.15, 0.2) is 30.3 Å². The molecule has 338 valence electrons. The lowest BCUT2D eigenvalue weighted by Crippen LogP contribution is -2.60. The number of hydrogen-bond acceptors (Lipinski definition) is 12. The summed E-state index contributed by atoms with van der Waals surface area (Å²) in [4.78, 5) is 117. The minimum absolute atomic E-state index is 0.0608. The van der Waals surface area contributed by atoms with Crippen molar-refractivity contribution in [2.24, 2.45) is 17.8 Å². The van der Waals surface area contributed by atoms with Crippen LogP contribution < -0.4 is 5.32 Å². The van der Waals surface area contributed by atoms with Gasteiger partial charge in [-0.3, -0.25) is 24.0 Å². The molecule has 0 spiro atoms. The number of nitrogens with one attached hydrogen (secondary N) is 1. The molecule has 1 unspecified atom stereocenters. The van der Waals surface area contributed by atoms with Crippen molar-refractivity contribution in [2.75, 3.05) is 26.9 Å². The predicted molar refractivity (Wildman–Crippen MR) is 227 cm³/mol. The molecule has 1 aromatic rings. The third-order valence-corrected chi connectivity index (χ3v) is 12.7. The first-order chi connectivity index (χ1) is 28.6. The third-order valence-electron chi connectivity index (χ3n) is 11.4. The van der Waals surface area contributed by atoms with Gasteiger partial charge in [-0.15, -0.1) is 11.8 Å². The summed E-state index contributed by atoms with van der Waals surface area (Å²) in [5, 5.41) is 2.47. The molecule has 4 rings (SSSR count). The second kappa shape index (κ2) is 21.4. The van der Waals surface area contributed by atoms with E-state index in [1.807, 2.05) is 41.5 Å². The number of benzene rings is 1. The molecule has 0 aliphatic carbocycles. The normalized spacial score (nSPS) is 29.5. The fourth-order valence-electron chi connectivity index (χ4n) is 7.98. The molecule has 3 saturated heterocycles. The van der Waals surface area contributed by atoms with Crippen LogP contribution >= 0.6 is 11.8 Å². The van der Waals surface area contributed by atoms with Crippen molar-refractivity contribution in [1.29, 1.82) is 0 Å². The highest BCUT2D eigenvalue weighted by molar-refractivity contribution is 8.00. The Morgan fingerprint density at radius 3 is 1.64 bits per heavy atom. The van der Waals surface area contributed by atoms with Crippen molar-refractivity contribution >= 4 is 59.2 Å². The minimum Gasteiger partial charge on any atom is -0.451 e. The zero-order chi connectivity index (χ0) is 45.5. The van der Waals surface area contributed by atoms with E-state index in [0.717, 1.165) is 4.90 Å². The SMILES string of the molecule is CC(C)C[C@H]1C(=O)N[C@H]2CCC3SC[C@@H](C(=O)O[C@H](C)C(=O)N(C)[C@@H](CC(C)C)C(=O)O[C@H](Cc4ccccc4)C(=O)N(C)[C@@H](CC(C)C)C(=O)O[C@H](C)C(=O)N1C)N3C2=O. The maximum absolute atomic E-state index is 14.5. The summed E-state index contributed by atoms with van der Waals surface area (Å²) < 4.78 is 17.5. The first kappa shape index (κ1) is 49.0. The lowest BCUT2D eigenvalue weighted by atomic mass is 9.98. The molecular weight excluding hydrogens is 807 g/mol. The van der Waals surface area contributed by atoms with Crippen LogP contribution in [0.2, 0.25) is 0 Å². The molecule has 3 aliphatic heterocycles. The summed E-state index contributed by atoms with van der Waals surface area (Å²) in [6.45, 7) is 14.0. The average molecular weight is 872 g/mol. The van der Waals surface area contributed by atoms with E-state index in [2.05, 4.69) is 5.32 Å². The zero-order valence-corrected chi connectivity index (χ0v) is 38.3. The maximum atomic E-state index is 14.5. The number of carbonyl (C=O) groups excluding carboxylic acids is 8. The number of rotatable bonds is 8. The number of cyclic esters (lactones) is 3. The van der Waals surface area contributed by atoms with Crippen LogP contribution in [0.5, 0.6) is 0 Å². The van der Waals surface area contributed by atoms with Crippen LogP contribution in [0.3, 0.4) is 0 Å². The molecule has 61 heavy (non-hydrogen) atoms. The zero-order valence-electron chi connectivity index (χ0n) is 37.5. The van der Waals surface area contributed by atoms with E-state index in [4.69, 9.17) is 14.2 Å². The Morgan fingerprint density at radius 1 is 0.623 bits per heavy atom. The summed E-state index contributed by atoms with van der Waals surface area (Å²) >= 11 is 1.40. The van der Waals surface area contributed by atoms with Crippen molar-refractivity contribution in [2.45, 2.75) is 148 Å². The molecule has 1 aromatic carbocycles. The van der Waals surface area contributed by atoms with Crippen molar-refractivity contribution in [3.8, 4) is 0 Å². The Morgan fingerprint density at radius 2 is 1.10 bits per heavy atom. The highest BCUT2D eigenvalue weighted by Gasteiger charge is 2.49. The highest BCUT2D eigenvalue weighted by atomic mass is 32.2. The van der Waals surface area contributed by atoms with Crippen LogP contribution in [-0.2, 0) is 59.0 Å². The van der Waals surface area contributed by atoms with Crippen molar-refractivity contribution in [3.05, 3.63) is 35.9 Å². The molecule has 9 atom stereocenters. The summed E-state index contributed by atoms with van der Waals surface area (Å²) in [5.74, 6) is -5.78. The molecule has 2 bridgehead atoms. The monoisotopic (exact) mass is 871 g/mol. The van der Waals surface area contributed by atoms with Gasteiger partial charge < -0.3 is 39.1 Å². The fraction of sp³-hybridized carbons (Fsp3) is 0.682. The Bertz CT molecular complexity index is 1780. The summed E-state index contributed by atoms with van der Waals surface area (Å²) in [6.07, 6.45) is -2.98. The van der Waals surface area contributed by atoms with Crippen molar-refractivity contribution in [3.63, 3.8) is 0 Å². The summed E-state index contributed by atoms with van der Waals surface area (Å²) in [7, 11) is 4.24. The van der Waals surface area contributed by atoms with Gasteiger partial charge in [0.15, 0.2) is 18.3 Å². The number of ether oxygens (including phenoxy) is 3. The Labute approximate surface area is 364 Å². The van der Waals surface area contributed by atoms with Crippen molar-refractivity contribution in [1.82, 2.24) is 24.9 Å². The van der Waals surface area contributed by atoms with Gasteiger partial charge in [-0.05, 0) is 69.3 Å². The van der Waals surface area contributed by atoms with E-state index < -0.39 is 96.0 Å². The first-order valence-electron chi connectivity index (χ1n) is 21.3. The van der Waals surface area contributed by atoms with E-state index in [1.54, 1.807) is 30.3 Å². The van der Waals surface area contributed by atoms with Gasteiger partial charge in [-0.2, -0.15) is 0 Å². The largest absolute Gasteiger partial charge is 0.451 e. The summed E-state index contributed by atoms with van der Waals surface area (Å²) in [5.41, 5.74) is 0.664. The number of amides is 5. The molecule has 3 heterocycles. The van der Waals surface area contributed by atoms with Crippen LogP contribution in [0.1, 0.15) is 93.1 Å². The molecule has 0 radical (unpaired) electrons. The van der Waals surface area contributed by atoms with E-state index in [9.17, 15) is 38.4 Å². The van der Waals surface area contributed by atoms with E-state index in [1.165, 1.54) is 61.5 Å². The molecule has 17 heteroatoms. The number of fused-ring (bicyclic) bond motifs is 1. The predicted octanol–water partition coefficient (Wildman–Crippen LogP) is 3.19. The standard InChI is InChI=1S/C44H65N5O11S/c1-24(2)19-31-37(50)45-30-17-18-36-49(40(30)53)34(23-61-36)44(57)59-28(8)39(52)47(10)33(21-26(5)6)43(56)60-35(22-29-15-13-12-14-16-29)41(54)48(11)32(20-25(3)4)42(55)58-27(7)38(51)46(31)9/h12-16,24-28,30-36H,17-23H2,1-11H3,(H,45,50)/t27-,28-,30+,31+,32+,33+,34+,35-,36?/m1/s1. The molecule has 0 aromatic heterocycles. The van der Waals surface area contributed by atoms with Crippen LogP contribution in [0, 0.1) is 17.8 Å². The number of thioether (sulfide) groups is 1. The molecule has 1 N–H and O–H groups in total. The van der Waals surface area contributed by atoms with Crippen molar-refractivity contribution < 1.29 is 52.6 Å². The van der Waals surface area contributed by atoms with E-state index in [-0.39, 0.29) is 54.6 Å². The fourth-order valence-corrected chi connectivity index (χ4v) is 9.39. The second-order valence-corrected chi connectivity index (χ2v) is 19.0. The number of piperidine rings is 1. The first-order valence-corrected chi connectivity index (χ1v) is 22.4. The van der Waals surface area contributed by atoms with Crippen LogP contribution in [0.4, 0.5) is 0 Å². The third kappa shape index (κ3) is 12.3. The average Bonchev–Trinajstić information content (AvgIpc) is 3.65. The lowest BCUT2D eigenvalue weighted by Gasteiger charge is -2.38. The molecule has 3 fully saturated rings. The second-order valence-electron chi connectivity index (χ2n) is 17.7. The van der Waals surface area contributed by atoms with E-state index in [0.29, 0.717) is 18.4 Å². The van der Waals surface area contributed by atoms with Gasteiger partial charge in [0, 0.05) is 33.3 Å². The van der Waals surface area contributed by atoms with Gasteiger partial charge in [0.25, 0.3) is 17.7 Å². The summed E-state index contributed by atoms with van der Waals surface area (Å²) in [6, 6.07) is 3.39. The molecule has 5 amide bonds. The minimum atomic E-state index is -1.44. The Hall–Kier alpha value is -4.67. The van der Waals surface area contributed by atoms with Gasteiger partial charge in [0.2, 0.25) is 11.8 Å². The van der Waals surface area contributed by atoms with Gasteiger partial charge in [0.1, 0.15) is 30.2 Å². The quantitative estimate of drug-likeness (QED) is 0.297. The number of esters is 3. The smallest absolute Gasteiger partial charge is 0.330 e. The number of carbonyl (C=O) groups is 8. The van der Waals surface area contributed by atoms with Crippen LogP contribution in [0.25, 0.3) is 0 Å². The molecule has 16 nitrogen and oxygen atoms in total. The van der Waals surface area contributed by atoms with Gasteiger partial charge >= 0.3 is 17.9 Å². The Kier molecular flexibility index (Phi) is 17.2. The molecule has 0 saturated carbocycles. The van der Waals surface area contributed by atoms with Crippen LogP contribution in [-0.4, -0.2) is 148 Å². The Balaban J connectivity index is 1.78. The maximum Gasteiger partial charge on any atom is 0.330 e. The van der Waals surface area contributed by atoms with Gasteiger partial charge in [-0.25, -0.2) is 14.4 Å². The van der Waals surface area contributed by atoms with Gasteiger partial charge in [0.05, 0.1) is 5.37 Å². The molecule has 3 aliphatic rings. The number of hydrogen-bond donors (Lipinski definition) is 1. The molecular formula is C44H65N5O11S. The lowest BCUT2D eigenvalue weighted by molar-refractivity contribution is -0.174. The topological polar surface area (TPSA) is 189 Å². The highest BCUT2D eigenvalue weighted by Crippen LogP contribution is 2.37. The van der Waals surface area contributed by atoms with Gasteiger partial charge in [-0.1, -0.05) is 71.9 Å². The van der Waals surface area contributed by atoms with E-state index >= 15 is 0 Å². The number of nitrogens with zero attached hydrogens (tertiary/aromatic N) is 4.